The quantitative estimate of drug-likeness (QED) is 0.634. The Bertz CT molecular complexity index is 1030. The second kappa shape index (κ2) is 8.38. The fourth-order valence-electron chi connectivity index (χ4n) is 3.49. The smallest absolute Gasteiger partial charge is 0.294 e. The van der Waals surface area contributed by atoms with E-state index in [2.05, 4.69) is 31.1 Å². The molecule has 0 radical (unpaired) electrons. The van der Waals surface area contributed by atoms with Gasteiger partial charge in [0.25, 0.3) is 5.91 Å². The number of amides is 2. The van der Waals surface area contributed by atoms with E-state index in [4.69, 9.17) is 4.42 Å². The van der Waals surface area contributed by atoms with Crippen LogP contribution < -0.4 is 10.2 Å². The SMILES string of the molecule is CC(C)(C)c1ccc(N(C(=O)c2ccco2)[C@@H](C(=O)NC2CC2)c2cccnc2)cc1. The molecular formula is C25H27N3O3. The average Bonchev–Trinajstić information content (AvgIpc) is 3.39. The van der Waals surface area contributed by atoms with Crippen molar-refractivity contribution in [2.75, 3.05) is 4.90 Å². The number of nitrogens with one attached hydrogen (secondary N) is 1. The Hall–Kier alpha value is -3.41. The van der Waals surface area contributed by atoms with Crippen molar-refractivity contribution < 1.29 is 14.0 Å². The Morgan fingerprint density at radius 2 is 1.84 bits per heavy atom. The molecule has 1 atom stereocenters. The molecule has 2 aromatic heterocycles. The molecule has 6 heteroatoms. The third-order valence-corrected chi connectivity index (χ3v) is 5.39. The summed E-state index contributed by atoms with van der Waals surface area (Å²) < 4.78 is 5.40. The second-order valence-electron chi connectivity index (χ2n) is 8.92. The van der Waals surface area contributed by atoms with Crippen LogP contribution in [0, 0.1) is 0 Å². The van der Waals surface area contributed by atoms with Crippen LogP contribution in [0.2, 0.25) is 0 Å². The van der Waals surface area contributed by atoms with E-state index in [1.54, 1.807) is 30.6 Å². The molecule has 3 aromatic rings. The van der Waals surface area contributed by atoms with Crippen molar-refractivity contribution in [1.29, 1.82) is 0 Å². The molecule has 0 saturated heterocycles. The third-order valence-electron chi connectivity index (χ3n) is 5.39. The third kappa shape index (κ3) is 4.68. The van der Waals surface area contributed by atoms with E-state index in [0.29, 0.717) is 11.3 Å². The van der Waals surface area contributed by atoms with Gasteiger partial charge >= 0.3 is 0 Å². The zero-order chi connectivity index (χ0) is 22.0. The van der Waals surface area contributed by atoms with Crippen molar-refractivity contribution in [1.82, 2.24) is 10.3 Å². The van der Waals surface area contributed by atoms with Crippen LogP contribution in [-0.2, 0) is 10.2 Å². The molecule has 1 aliphatic carbocycles. The van der Waals surface area contributed by atoms with Crippen LogP contribution in [0.4, 0.5) is 5.69 Å². The molecule has 1 fully saturated rings. The minimum atomic E-state index is -0.868. The number of carbonyl (C=O) groups is 2. The first-order valence-electron chi connectivity index (χ1n) is 10.5. The van der Waals surface area contributed by atoms with E-state index in [1.807, 2.05) is 30.3 Å². The maximum absolute atomic E-state index is 13.5. The number of hydrogen-bond acceptors (Lipinski definition) is 4. The maximum atomic E-state index is 13.5. The van der Waals surface area contributed by atoms with Crippen molar-refractivity contribution in [2.24, 2.45) is 0 Å². The van der Waals surface area contributed by atoms with Crippen molar-refractivity contribution in [3.63, 3.8) is 0 Å². The predicted molar refractivity (Wildman–Crippen MR) is 119 cm³/mol. The molecule has 1 saturated carbocycles. The summed E-state index contributed by atoms with van der Waals surface area (Å²) in [5.41, 5.74) is 2.37. The first-order valence-corrected chi connectivity index (χ1v) is 10.5. The van der Waals surface area contributed by atoms with Gasteiger partial charge in [0.1, 0.15) is 6.04 Å². The summed E-state index contributed by atoms with van der Waals surface area (Å²) in [5, 5.41) is 3.05. The van der Waals surface area contributed by atoms with Crippen LogP contribution in [0.5, 0.6) is 0 Å². The molecule has 1 aromatic carbocycles. The number of pyridine rings is 1. The minimum absolute atomic E-state index is 0.0273. The average molecular weight is 418 g/mol. The van der Waals surface area contributed by atoms with Gasteiger partial charge in [0.15, 0.2) is 5.76 Å². The van der Waals surface area contributed by atoms with Gasteiger partial charge in [-0.3, -0.25) is 19.5 Å². The van der Waals surface area contributed by atoms with Gasteiger partial charge in [-0.1, -0.05) is 39.0 Å². The van der Waals surface area contributed by atoms with Crippen LogP contribution in [0.25, 0.3) is 0 Å². The number of furan rings is 1. The van der Waals surface area contributed by atoms with Crippen LogP contribution >= 0.6 is 0 Å². The molecule has 0 aliphatic heterocycles. The Balaban J connectivity index is 1.80. The van der Waals surface area contributed by atoms with Crippen molar-refractivity contribution in [2.45, 2.75) is 51.1 Å². The highest BCUT2D eigenvalue weighted by atomic mass is 16.3. The van der Waals surface area contributed by atoms with E-state index in [1.165, 1.54) is 11.2 Å². The minimum Gasteiger partial charge on any atom is -0.459 e. The zero-order valence-electron chi connectivity index (χ0n) is 18.0. The van der Waals surface area contributed by atoms with Gasteiger partial charge in [-0.25, -0.2) is 0 Å². The lowest BCUT2D eigenvalue weighted by atomic mass is 9.87. The van der Waals surface area contributed by atoms with E-state index < -0.39 is 6.04 Å². The highest BCUT2D eigenvalue weighted by molar-refractivity contribution is 6.08. The second-order valence-corrected chi connectivity index (χ2v) is 8.92. The van der Waals surface area contributed by atoms with Crippen LogP contribution in [0.3, 0.4) is 0 Å². The number of carbonyl (C=O) groups excluding carboxylic acids is 2. The predicted octanol–water partition coefficient (Wildman–Crippen LogP) is 4.64. The molecule has 1 aliphatic rings. The van der Waals surface area contributed by atoms with Gasteiger partial charge in [-0.15, -0.1) is 0 Å². The summed E-state index contributed by atoms with van der Waals surface area (Å²) in [4.78, 5) is 32.6. The molecule has 0 spiro atoms. The van der Waals surface area contributed by atoms with E-state index in [9.17, 15) is 9.59 Å². The van der Waals surface area contributed by atoms with Crippen molar-refractivity contribution in [3.8, 4) is 0 Å². The molecule has 6 nitrogen and oxygen atoms in total. The Morgan fingerprint density at radius 1 is 1.10 bits per heavy atom. The lowest BCUT2D eigenvalue weighted by molar-refractivity contribution is -0.122. The summed E-state index contributed by atoms with van der Waals surface area (Å²) >= 11 is 0. The Labute approximate surface area is 182 Å². The molecule has 0 unspecified atom stereocenters. The summed E-state index contributed by atoms with van der Waals surface area (Å²) in [5.74, 6) is -0.434. The van der Waals surface area contributed by atoms with Crippen molar-refractivity contribution in [3.05, 3.63) is 84.1 Å². The fraction of sp³-hybridized carbons (Fsp3) is 0.320. The largest absolute Gasteiger partial charge is 0.459 e. The monoisotopic (exact) mass is 417 g/mol. The lowest BCUT2D eigenvalue weighted by Crippen LogP contribution is -2.44. The number of nitrogens with zero attached hydrogens (tertiary/aromatic N) is 2. The van der Waals surface area contributed by atoms with Gasteiger partial charge in [0.2, 0.25) is 5.91 Å². The Morgan fingerprint density at radius 3 is 2.39 bits per heavy atom. The van der Waals surface area contributed by atoms with Gasteiger partial charge in [0.05, 0.1) is 6.26 Å². The topological polar surface area (TPSA) is 75.4 Å². The lowest BCUT2D eigenvalue weighted by Gasteiger charge is -2.31. The molecule has 1 N–H and O–H groups in total. The highest BCUT2D eigenvalue weighted by Gasteiger charge is 2.37. The zero-order valence-corrected chi connectivity index (χ0v) is 18.0. The summed E-state index contributed by atoms with van der Waals surface area (Å²) in [6, 6.07) is 13.9. The van der Waals surface area contributed by atoms with E-state index in [-0.39, 0.29) is 29.0 Å². The number of rotatable bonds is 6. The number of benzene rings is 1. The molecule has 4 rings (SSSR count). The Kier molecular flexibility index (Phi) is 5.63. The summed E-state index contributed by atoms with van der Waals surface area (Å²) in [6.45, 7) is 6.40. The van der Waals surface area contributed by atoms with Crippen LogP contribution in [-0.4, -0.2) is 22.8 Å². The summed E-state index contributed by atoms with van der Waals surface area (Å²) in [6.07, 6.45) is 6.65. The highest BCUT2D eigenvalue weighted by Crippen LogP contribution is 2.32. The molecule has 2 amide bonds. The van der Waals surface area contributed by atoms with Gasteiger partial charge in [-0.05, 0) is 54.2 Å². The normalized spacial score (nSPS) is 14.7. The molecular weight excluding hydrogens is 390 g/mol. The first kappa shape index (κ1) is 20.8. The van der Waals surface area contributed by atoms with Gasteiger partial charge in [0, 0.05) is 29.7 Å². The number of aromatic nitrogens is 1. The summed E-state index contributed by atoms with van der Waals surface area (Å²) in [7, 11) is 0. The standard InChI is InChI=1S/C25H27N3O3/c1-25(2,3)18-8-12-20(13-9-18)28(24(30)21-7-5-15-31-21)22(17-6-4-14-26-16-17)23(29)27-19-10-11-19/h4-9,12-16,19,22H,10-11H2,1-3H3,(H,27,29)/t22-/m1/s1. The van der Waals surface area contributed by atoms with E-state index in [0.717, 1.165) is 18.4 Å². The molecule has 31 heavy (non-hydrogen) atoms. The number of anilines is 1. The van der Waals surface area contributed by atoms with Gasteiger partial charge in [-0.2, -0.15) is 0 Å². The fourth-order valence-corrected chi connectivity index (χ4v) is 3.49. The maximum Gasteiger partial charge on any atom is 0.294 e. The van der Waals surface area contributed by atoms with E-state index >= 15 is 0 Å². The first-order chi connectivity index (χ1) is 14.8. The molecule has 2 heterocycles. The van der Waals surface area contributed by atoms with Crippen molar-refractivity contribution >= 4 is 17.5 Å². The number of hydrogen-bond donors (Lipinski definition) is 1. The molecule has 160 valence electrons. The van der Waals surface area contributed by atoms with Gasteiger partial charge < -0.3 is 9.73 Å². The van der Waals surface area contributed by atoms with Crippen LogP contribution in [0.1, 0.15) is 61.3 Å². The van der Waals surface area contributed by atoms with Crippen LogP contribution in [0.15, 0.2) is 71.6 Å². The molecule has 0 bridgehead atoms.